The Morgan fingerprint density at radius 1 is 1.28 bits per heavy atom. The third-order valence-corrected chi connectivity index (χ3v) is 5.08. The number of nitrogens with one attached hydrogen (secondary N) is 2. The molecule has 4 rings (SSSR count). The fraction of sp³-hybridized carbons (Fsp3) is 0.500. The zero-order chi connectivity index (χ0) is 17.2. The Morgan fingerprint density at radius 3 is 2.88 bits per heavy atom. The van der Waals surface area contributed by atoms with Gasteiger partial charge in [-0.2, -0.15) is 0 Å². The molecule has 1 atom stereocenters. The van der Waals surface area contributed by atoms with Gasteiger partial charge in [0.15, 0.2) is 5.69 Å². The van der Waals surface area contributed by atoms with Crippen molar-refractivity contribution in [3.8, 4) is 0 Å². The van der Waals surface area contributed by atoms with E-state index in [2.05, 4.69) is 15.8 Å². The van der Waals surface area contributed by atoms with Crippen molar-refractivity contribution < 1.29 is 18.5 Å². The summed E-state index contributed by atoms with van der Waals surface area (Å²) in [7, 11) is 0. The molecule has 2 heterocycles. The lowest BCUT2D eigenvalue weighted by atomic mass is 9.84. The molecule has 0 spiro atoms. The molecule has 25 heavy (non-hydrogen) atoms. The van der Waals surface area contributed by atoms with Crippen LogP contribution in [0.3, 0.4) is 0 Å². The monoisotopic (exact) mass is 343 g/mol. The second-order valence-corrected chi connectivity index (χ2v) is 6.77. The first kappa shape index (κ1) is 15.9. The van der Waals surface area contributed by atoms with E-state index in [1.165, 1.54) is 0 Å². The van der Waals surface area contributed by atoms with Gasteiger partial charge in [-0.3, -0.25) is 9.59 Å². The Labute approximate surface area is 145 Å². The molecule has 1 fully saturated rings. The fourth-order valence-electron chi connectivity index (χ4n) is 3.36. The van der Waals surface area contributed by atoms with Crippen LogP contribution in [0.2, 0.25) is 0 Å². The number of fused-ring (bicyclic) bond motifs is 1. The van der Waals surface area contributed by atoms with Crippen molar-refractivity contribution in [2.24, 2.45) is 5.92 Å². The number of aryl methyl sites for hydroxylation is 1. The number of hydrogen-bond acceptors (Lipinski definition) is 5. The number of rotatable bonds is 5. The lowest BCUT2D eigenvalue weighted by Gasteiger charge is -2.28. The molecular weight excluding hydrogens is 322 g/mol. The molecule has 0 radical (unpaired) electrons. The van der Waals surface area contributed by atoms with Crippen molar-refractivity contribution in [2.75, 3.05) is 0 Å². The van der Waals surface area contributed by atoms with E-state index in [1.807, 2.05) is 0 Å². The predicted octanol–water partition coefficient (Wildman–Crippen LogP) is 1.97. The Morgan fingerprint density at radius 2 is 2.16 bits per heavy atom. The number of carbonyl (C=O) groups excluding carboxylic acids is 2. The van der Waals surface area contributed by atoms with Gasteiger partial charge in [0.2, 0.25) is 5.91 Å². The molecule has 0 saturated heterocycles. The molecule has 0 bridgehead atoms. The normalized spacial score (nSPS) is 19.8. The second-order valence-electron chi connectivity index (χ2n) is 6.77. The van der Waals surface area contributed by atoms with Crippen molar-refractivity contribution in [3.05, 3.63) is 41.2 Å². The van der Waals surface area contributed by atoms with Crippen LogP contribution in [0.4, 0.5) is 0 Å². The zero-order valence-electron chi connectivity index (χ0n) is 13.9. The molecule has 1 saturated carbocycles. The minimum absolute atomic E-state index is 0.0385. The first-order valence-electron chi connectivity index (χ1n) is 8.79. The molecule has 1 unspecified atom stereocenters. The number of nitrogens with zero attached hydrogens (tertiary/aromatic N) is 1. The van der Waals surface area contributed by atoms with Crippen LogP contribution in [-0.2, 0) is 24.2 Å². The molecule has 2 aromatic rings. The average Bonchev–Trinajstić information content (AvgIpc) is 3.20. The summed E-state index contributed by atoms with van der Waals surface area (Å²) in [4.78, 5) is 24.6. The minimum atomic E-state index is -0.285. The minimum Gasteiger partial charge on any atom is -0.467 e. The van der Waals surface area contributed by atoms with E-state index < -0.39 is 0 Å². The maximum Gasteiger partial charge on any atom is 0.274 e. The highest BCUT2D eigenvalue weighted by atomic mass is 16.5. The van der Waals surface area contributed by atoms with Crippen LogP contribution in [0.25, 0.3) is 0 Å². The highest BCUT2D eigenvalue weighted by Crippen LogP contribution is 2.28. The summed E-state index contributed by atoms with van der Waals surface area (Å²) < 4.78 is 10.5. The highest BCUT2D eigenvalue weighted by Gasteiger charge is 2.32. The number of hydrogen-bond donors (Lipinski definition) is 2. The van der Waals surface area contributed by atoms with Crippen LogP contribution in [0.1, 0.15) is 53.3 Å². The van der Waals surface area contributed by atoms with Crippen LogP contribution >= 0.6 is 0 Å². The Bertz CT molecular complexity index is 761. The molecular formula is C18H21N3O4. The number of amides is 2. The van der Waals surface area contributed by atoms with E-state index in [0.717, 1.165) is 37.0 Å². The van der Waals surface area contributed by atoms with Gasteiger partial charge in [0.25, 0.3) is 5.91 Å². The number of carbonyl (C=O) groups is 2. The molecule has 7 heteroatoms. The van der Waals surface area contributed by atoms with Gasteiger partial charge >= 0.3 is 0 Å². The van der Waals surface area contributed by atoms with Crippen molar-refractivity contribution >= 4 is 11.8 Å². The van der Waals surface area contributed by atoms with Gasteiger partial charge in [-0.1, -0.05) is 11.6 Å². The molecule has 2 aromatic heterocycles. The standard InChI is InChI=1S/C18H21N3O4/c22-17(11-3-1-4-11)20-12-6-7-15-14(9-12)16(21-25-15)18(23)19-10-13-5-2-8-24-13/h2,5,8,11-12H,1,3-4,6-7,9-10H2,(H,19,23)(H,20,22). The summed E-state index contributed by atoms with van der Waals surface area (Å²) in [5.74, 6) is 1.45. The largest absolute Gasteiger partial charge is 0.467 e. The second kappa shape index (κ2) is 6.74. The first-order chi connectivity index (χ1) is 12.2. The van der Waals surface area contributed by atoms with Gasteiger partial charge in [-0.25, -0.2) is 0 Å². The van der Waals surface area contributed by atoms with Crippen molar-refractivity contribution in [3.63, 3.8) is 0 Å². The lowest BCUT2D eigenvalue weighted by Crippen LogP contribution is -2.43. The van der Waals surface area contributed by atoms with E-state index in [9.17, 15) is 9.59 Å². The molecule has 132 valence electrons. The van der Waals surface area contributed by atoms with Crippen LogP contribution < -0.4 is 10.6 Å². The van der Waals surface area contributed by atoms with E-state index >= 15 is 0 Å². The average molecular weight is 343 g/mol. The molecule has 2 aliphatic rings. The summed E-state index contributed by atoms with van der Waals surface area (Å²) in [6.45, 7) is 0.301. The quantitative estimate of drug-likeness (QED) is 0.865. The van der Waals surface area contributed by atoms with Crippen molar-refractivity contribution in [1.29, 1.82) is 0 Å². The maximum atomic E-state index is 12.4. The highest BCUT2D eigenvalue weighted by molar-refractivity contribution is 5.93. The van der Waals surface area contributed by atoms with Gasteiger partial charge in [-0.15, -0.1) is 0 Å². The molecule has 7 nitrogen and oxygen atoms in total. The summed E-state index contributed by atoms with van der Waals surface area (Å²) in [6, 6.07) is 3.61. The predicted molar refractivity (Wildman–Crippen MR) is 87.7 cm³/mol. The van der Waals surface area contributed by atoms with Gasteiger partial charge in [-0.05, 0) is 37.8 Å². The third-order valence-electron chi connectivity index (χ3n) is 5.08. The van der Waals surface area contributed by atoms with Gasteiger partial charge < -0.3 is 19.6 Å². The maximum absolute atomic E-state index is 12.4. The van der Waals surface area contributed by atoms with E-state index in [4.69, 9.17) is 8.94 Å². The Balaban J connectivity index is 1.39. The topological polar surface area (TPSA) is 97.4 Å². The van der Waals surface area contributed by atoms with Gasteiger partial charge in [0.05, 0.1) is 12.8 Å². The third kappa shape index (κ3) is 3.31. The van der Waals surface area contributed by atoms with Crippen LogP contribution in [0.5, 0.6) is 0 Å². The van der Waals surface area contributed by atoms with E-state index in [-0.39, 0.29) is 23.8 Å². The van der Waals surface area contributed by atoms with Gasteiger partial charge in [0.1, 0.15) is 11.5 Å². The van der Waals surface area contributed by atoms with Crippen molar-refractivity contribution in [1.82, 2.24) is 15.8 Å². The van der Waals surface area contributed by atoms with Crippen molar-refractivity contribution in [2.45, 2.75) is 51.1 Å². The zero-order valence-corrected chi connectivity index (χ0v) is 13.9. The van der Waals surface area contributed by atoms with E-state index in [0.29, 0.717) is 30.8 Å². The molecule has 2 N–H and O–H groups in total. The van der Waals surface area contributed by atoms with Crippen LogP contribution in [0.15, 0.2) is 27.3 Å². The van der Waals surface area contributed by atoms with Crippen LogP contribution in [-0.4, -0.2) is 23.0 Å². The smallest absolute Gasteiger partial charge is 0.274 e. The summed E-state index contributed by atoms with van der Waals surface area (Å²) in [5, 5.41) is 9.85. The number of aromatic nitrogens is 1. The Hall–Kier alpha value is -2.57. The number of furan rings is 1. The van der Waals surface area contributed by atoms with Gasteiger partial charge in [0, 0.05) is 23.9 Å². The molecule has 0 aromatic carbocycles. The molecule has 0 aliphatic heterocycles. The SMILES string of the molecule is O=C(NCc1ccco1)c1noc2c1CC(NC(=O)C1CCC1)CC2. The van der Waals surface area contributed by atoms with E-state index in [1.54, 1.807) is 18.4 Å². The fourth-order valence-corrected chi connectivity index (χ4v) is 3.36. The lowest BCUT2D eigenvalue weighted by molar-refractivity contribution is -0.128. The molecule has 2 amide bonds. The molecule has 2 aliphatic carbocycles. The Kier molecular flexibility index (Phi) is 4.29. The summed E-state index contributed by atoms with van der Waals surface area (Å²) >= 11 is 0. The van der Waals surface area contributed by atoms with Crippen LogP contribution in [0, 0.1) is 5.92 Å². The summed E-state index contributed by atoms with van der Waals surface area (Å²) in [5.41, 5.74) is 1.12. The first-order valence-corrected chi connectivity index (χ1v) is 8.79. The summed E-state index contributed by atoms with van der Waals surface area (Å²) in [6.07, 6.45) is 6.75.